The number of hydrogen-bond donors (Lipinski definition) is 2. The molecule has 3 rings (SSSR count). The fourth-order valence-corrected chi connectivity index (χ4v) is 2.76. The number of fused-ring (bicyclic) bond motifs is 1. The summed E-state index contributed by atoms with van der Waals surface area (Å²) in [6.45, 7) is 5.30. The fourth-order valence-electron chi connectivity index (χ4n) is 2.76. The molecule has 0 atom stereocenters. The lowest BCUT2D eigenvalue weighted by atomic mass is 10.1. The summed E-state index contributed by atoms with van der Waals surface area (Å²) in [6, 6.07) is 5.57. The Balaban J connectivity index is 2.06. The van der Waals surface area contributed by atoms with Crippen LogP contribution in [0.5, 0.6) is 0 Å². The summed E-state index contributed by atoms with van der Waals surface area (Å²) in [5.41, 5.74) is 1.73. The van der Waals surface area contributed by atoms with Crippen LogP contribution in [0, 0.1) is 13.8 Å². The Bertz CT molecular complexity index is 1070. The second kappa shape index (κ2) is 7.09. The average Bonchev–Trinajstić information content (AvgIpc) is 2.56. The molecule has 0 aliphatic heterocycles. The molecule has 0 spiro atoms. The molecule has 0 fully saturated rings. The molecule has 2 aromatic heterocycles. The lowest BCUT2D eigenvalue weighted by Crippen LogP contribution is -2.34. The molecular weight excluding hydrogens is 332 g/mol. The Morgan fingerprint density at radius 2 is 2.00 bits per heavy atom. The number of rotatable bonds is 5. The van der Waals surface area contributed by atoms with Crippen LogP contribution in [0.25, 0.3) is 16.7 Å². The number of hydrogen-bond acceptors (Lipinski definition) is 6. The lowest BCUT2D eigenvalue weighted by Gasteiger charge is -2.11. The van der Waals surface area contributed by atoms with Crippen molar-refractivity contribution in [3.63, 3.8) is 0 Å². The molecular formula is C18H22N6O2. The Kier molecular flexibility index (Phi) is 4.85. The molecule has 0 saturated carbocycles. The molecule has 0 aliphatic carbocycles. The predicted octanol–water partition coefficient (Wildman–Crippen LogP) is 1.06. The van der Waals surface area contributed by atoms with E-state index < -0.39 is 11.2 Å². The summed E-state index contributed by atoms with van der Waals surface area (Å²) in [5.74, 6) is 0.374. The molecule has 1 aromatic carbocycles. The number of aromatic amines is 1. The predicted molar refractivity (Wildman–Crippen MR) is 102 cm³/mol. The van der Waals surface area contributed by atoms with Gasteiger partial charge in [0.05, 0.1) is 5.69 Å². The Morgan fingerprint density at radius 1 is 1.23 bits per heavy atom. The van der Waals surface area contributed by atoms with Gasteiger partial charge in [-0.1, -0.05) is 17.7 Å². The quantitative estimate of drug-likeness (QED) is 0.711. The molecule has 3 aromatic rings. The number of nitrogens with one attached hydrogen (secondary N) is 2. The average molecular weight is 354 g/mol. The van der Waals surface area contributed by atoms with Gasteiger partial charge in [-0.25, -0.2) is 14.3 Å². The van der Waals surface area contributed by atoms with E-state index in [2.05, 4.69) is 20.3 Å². The van der Waals surface area contributed by atoms with Crippen molar-refractivity contribution < 1.29 is 0 Å². The highest BCUT2D eigenvalue weighted by Gasteiger charge is 2.13. The Labute approximate surface area is 150 Å². The number of anilines is 1. The van der Waals surface area contributed by atoms with Crippen LogP contribution in [-0.4, -0.2) is 51.6 Å². The van der Waals surface area contributed by atoms with E-state index in [9.17, 15) is 9.59 Å². The van der Waals surface area contributed by atoms with Gasteiger partial charge in [0.15, 0.2) is 5.65 Å². The highest BCUT2D eigenvalue weighted by atomic mass is 16.2. The summed E-state index contributed by atoms with van der Waals surface area (Å²) >= 11 is 0. The maximum absolute atomic E-state index is 12.8. The van der Waals surface area contributed by atoms with Crippen LogP contribution in [-0.2, 0) is 0 Å². The van der Waals surface area contributed by atoms with Crippen LogP contribution in [0.3, 0.4) is 0 Å². The van der Waals surface area contributed by atoms with Crippen molar-refractivity contribution in [3.8, 4) is 5.69 Å². The van der Waals surface area contributed by atoms with Crippen LogP contribution in [0.2, 0.25) is 0 Å². The minimum Gasteiger partial charge on any atom is -0.353 e. The van der Waals surface area contributed by atoms with E-state index in [4.69, 9.17) is 0 Å². The zero-order chi connectivity index (χ0) is 18.8. The van der Waals surface area contributed by atoms with Crippen molar-refractivity contribution in [3.05, 3.63) is 56.4 Å². The number of H-pyrrole nitrogens is 1. The number of benzene rings is 1. The lowest BCUT2D eigenvalue weighted by molar-refractivity contribution is 0.425. The van der Waals surface area contributed by atoms with Crippen molar-refractivity contribution in [2.24, 2.45) is 0 Å². The summed E-state index contributed by atoms with van der Waals surface area (Å²) < 4.78 is 1.12. The summed E-state index contributed by atoms with van der Waals surface area (Å²) in [4.78, 5) is 38.5. The first-order chi connectivity index (χ1) is 12.4. The van der Waals surface area contributed by atoms with Crippen molar-refractivity contribution >= 4 is 17.0 Å². The molecule has 0 saturated heterocycles. The van der Waals surface area contributed by atoms with Crippen LogP contribution in [0.1, 0.15) is 11.1 Å². The van der Waals surface area contributed by atoms with Gasteiger partial charge in [-0.3, -0.25) is 9.78 Å². The molecule has 136 valence electrons. The van der Waals surface area contributed by atoms with Crippen molar-refractivity contribution in [1.82, 2.24) is 24.4 Å². The molecule has 2 N–H and O–H groups in total. The third kappa shape index (κ3) is 3.50. The zero-order valence-corrected chi connectivity index (χ0v) is 15.3. The van der Waals surface area contributed by atoms with E-state index in [0.29, 0.717) is 18.2 Å². The van der Waals surface area contributed by atoms with Crippen molar-refractivity contribution in [1.29, 1.82) is 0 Å². The van der Waals surface area contributed by atoms with Crippen molar-refractivity contribution in [2.75, 3.05) is 32.5 Å². The van der Waals surface area contributed by atoms with E-state index in [1.54, 1.807) is 6.07 Å². The van der Waals surface area contributed by atoms with Gasteiger partial charge >= 0.3 is 5.69 Å². The molecule has 8 heteroatoms. The third-order valence-electron chi connectivity index (χ3n) is 4.09. The Morgan fingerprint density at radius 3 is 2.69 bits per heavy atom. The van der Waals surface area contributed by atoms with Gasteiger partial charge < -0.3 is 10.2 Å². The molecule has 0 bridgehead atoms. The van der Waals surface area contributed by atoms with Gasteiger partial charge in [-0.05, 0) is 39.6 Å². The SMILES string of the molecule is Cc1ccc(-n2c(=O)[nH]c3nc(NCCN(C)C)ncc3c2=O)c(C)c1. The van der Waals surface area contributed by atoms with Crippen LogP contribution >= 0.6 is 0 Å². The minimum absolute atomic E-state index is 0.225. The van der Waals surface area contributed by atoms with Gasteiger partial charge in [0.1, 0.15) is 5.39 Å². The molecule has 0 radical (unpaired) electrons. The molecule has 0 amide bonds. The van der Waals surface area contributed by atoms with E-state index in [-0.39, 0.29) is 11.0 Å². The van der Waals surface area contributed by atoms with Gasteiger partial charge in [0.2, 0.25) is 5.95 Å². The number of nitrogens with zero attached hydrogens (tertiary/aromatic N) is 4. The van der Waals surface area contributed by atoms with Gasteiger partial charge in [-0.15, -0.1) is 0 Å². The third-order valence-corrected chi connectivity index (χ3v) is 4.09. The highest BCUT2D eigenvalue weighted by Crippen LogP contribution is 2.13. The van der Waals surface area contributed by atoms with E-state index >= 15 is 0 Å². The summed E-state index contributed by atoms with van der Waals surface area (Å²) in [6.07, 6.45) is 1.44. The van der Waals surface area contributed by atoms with E-state index in [1.807, 2.05) is 45.0 Å². The number of aromatic nitrogens is 4. The van der Waals surface area contributed by atoms with Gasteiger partial charge in [0.25, 0.3) is 5.56 Å². The van der Waals surface area contributed by atoms with Crippen LogP contribution in [0.15, 0.2) is 34.0 Å². The fraction of sp³-hybridized carbons (Fsp3) is 0.333. The van der Waals surface area contributed by atoms with E-state index in [1.165, 1.54) is 6.20 Å². The standard InChI is InChI=1S/C18H22N6O2/c1-11-5-6-14(12(2)9-11)24-16(25)13-10-20-17(19-7-8-23(3)4)21-15(13)22-18(24)26/h5-6,9-10H,7-8H2,1-4H3,(H2,19,20,21,22,26). The topological polar surface area (TPSA) is 95.9 Å². The maximum Gasteiger partial charge on any atom is 0.334 e. The second-order valence-electron chi connectivity index (χ2n) is 6.55. The first kappa shape index (κ1) is 17.8. The number of aryl methyl sites for hydroxylation is 2. The van der Waals surface area contributed by atoms with Crippen LogP contribution in [0.4, 0.5) is 5.95 Å². The normalized spacial score (nSPS) is 11.3. The van der Waals surface area contributed by atoms with Crippen molar-refractivity contribution in [2.45, 2.75) is 13.8 Å². The highest BCUT2D eigenvalue weighted by molar-refractivity contribution is 5.73. The Hall–Kier alpha value is -3.00. The molecule has 2 heterocycles. The van der Waals surface area contributed by atoms with Gasteiger partial charge in [-0.2, -0.15) is 4.98 Å². The molecule has 0 unspecified atom stereocenters. The van der Waals surface area contributed by atoms with Gasteiger partial charge in [0, 0.05) is 19.3 Å². The molecule has 8 nitrogen and oxygen atoms in total. The smallest absolute Gasteiger partial charge is 0.334 e. The monoisotopic (exact) mass is 354 g/mol. The summed E-state index contributed by atoms with van der Waals surface area (Å²) in [5, 5.41) is 3.34. The molecule has 0 aliphatic rings. The molecule has 26 heavy (non-hydrogen) atoms. The largest absolute Gasteiger partial charge is 0.353 e. The minimum atomic E-state index is -0.521. The second-order valence-corrected chi connectivity index (χ2v) is 6.55. The zero-order valence-electron chi connectivity index (χ0n) is 15.3. The van der Waals surface area contributed by atoms with E-state index in [0.717, 1.165) is 22.2 Å². The maximum atomic E-state index is 12.8. The number of likely N-dealkylation sites (N-methyl/N-ethyl adjacent to an activating group) is 1. The first-order valence-corrected chi connectivity index (χ1v) is 8.35. The first-order valence-electron chi connectivity index (χ1n) is 8.35. The summed E-state index contributed by atoms with van der Waals surface area (Å²) in [7, 11) is 3.94. The van der Waals surface area contributed by atoms with Crippen LogP contribution < -0.4 is 16.6 Å².